The minimum Gasteiger partial charge on any atom is -0.481 e. The molecular weight excluding hydrogens is 358 g/mol. The van der Waals surface area contributed by atoms with Crippen LogP contribution in [-0.4, -0.2) is 35.0 Å². The Morgan fingerprint density at radius 2 is 1.78 bits per heavy atom. The van der Waals surface area contributed by atoms with E-state index in [1.807, 2.05) is 24.3 Å². The zero-order valence-corrected chi connectivity index (χ0v) is 14.7. The standard InChI is InChI=1S/C18H22BrNO3/c19-15-7-5-14(6-8-15)18(9-1-2-10-18)17(23)20-11-3-4-13(12-20)16(21)22/h5-8,13H,1-4,9-12H2,(H,21,22). The van der Waals surface area contributed by atoms with Crippen LogP contribution in [0.1, 0.15) is 44.1 Å². The average molecular weight is 380 g/mol. The number of halogens is 1. The lowest BCUT2D eigenvalue weighted by Crippen LogP contribution is -2.50. The molecule has 4 nitrogen and oxygen atoms in total. The maximum atomic E-state index is 13.3. The maximum absolute atomic E-state index is 13.3. The molecule has 2 aliphatic rings. The summed E-state index contributed by atoms with van der Waals surface area (Å²) in [6, 6.07) is 8.04. The number of hydrogen-bond donors (Lipinski definition) is 1. The van der Waals surface area contributed by atoms with Crippen molar-refractivity contribution in [1.29, 1.82) is 0 Å². The van der Waals surface area contributed by atoms with Gasteiger partial charge in [0.15, 0.2) is 0 Å². The van der Waals surface area contributed by atoms with Gasteiger partial charge in [-0.1, -0.05) is 40.9 Å². The van der Waals surface area contributed by atoms with Gasteiger partial charge in [-0.25, -0.2) is 0 Å². The summed E-state index contributed by atoms with van der Waals surface area (Å²) in [6.07, 6.45) is 5.28. The lowest BCUT2D eigenvalue weighted by Gasteiger charge is -2.38. The van der Waals surface area contributed by atoms with E-state index in [9.17, 15) is 14.7 Å². The second kappa shape index (κ2) is 6.63. The highest BCUT2D eigenvalue weighted by atomic mass is 79.9. The number of piperidine rings is 1. The normalized spacial score (nSPS) is 23.7. The second-order valence-corrected chi connectivity index (χ2v) is 7.64. The topological polar surface area (TPSA) is 57.6 Å². The minimum absolute atomic E-state index is 0.128. The Kier molecular flexibility index (Phi) is 4.76. The first-order valence-electron chi connectivity index (χ1n) is 8.31. The number of hydrogen-bond acceptors (Lipinski definition) is 2. The van der Waals surface area contributed by atoms with Gasteiger partial charge >= 0.3 is 5.97 Å². The smallest absolute Gasteiger partial charge is 0.308 e. The van der Waals surface area contributed by atoms with Crippen LogP contribution in [0.25, 0.3) is 0 Å². The highest BCUT2D eigenvalue weighted by Crippen LogP contribution is 2.43. The molecule has 5 heteroatoms. The number of carboxylic acid groups (broad SMARTS) is 1. The van der Waals surface area contributed by atoms with Gasteiger partial charge in [0.05, 0.1) is 11.3 Å². The van der Waals surface area contributed by atoms with E-state index in [0.29, 0.717) is 19.5 Å². The van der Waals surface area contributed by atoms with Gasteiger partial charge in [0.2, 0.25) is 5.91 Å². The number of amides is 1. The summed E-state index contributed by atoms with van der Waals surface area (Å²) in [7, 11) is 0. The third-order valence-electron chi connectivity index (χ3n) is 5.32. The Morgan fingerprint density at radius 1 is 1.13 bits per heavy atom. The molecule has 0 spiro atoms. The van der Waals surface area contributed by atoms with Crippen molar-refractivity contribution in [3.8, 4) is 0 Å². The summed E-state index contributed by atoms with van der Waals surface area (Å²) in [6.45, 7) is 1.04. The Morgan fingerprint density at radius 3 is 2.39 bits per heavy atom. The van der Waals surface area contributed by atoms with Gasteiger partial charge in [-0.15, -0.1) is 0 Å². The molecule has 0 aromatic heterocycles. The van der Waals surface area contributed by atoms with Crippen molar-refractivity contribution < 1.29 is 14.7 Å². The van der Waals surface area contributed by atoms with Gasteiger partial charge < -0.3 is 10.0 Å². The van der Waals surface area contributed by atoms with Crippen LogP contribution in [0.5, 0.6) is 0 Å². The van der Waals surface area contributed by atoms with E-state index in [4.69, 9.17) is 0 Å². The van der Waals surface area contributed by atoms with Crippen molar-refractivity contribution in [3.63, 3.8) is 0 Å². The summed E-state index contributed by atoms with van der Waals surface area (Å²) in [5, 5.41) is 9.27. The first-order chi connectivity index (χ1) is 11.0. The van der Waals surface area contributed by atoms with Crippen LogP contribution in [-0.2, 0) is 15.0 Å². The van der Waals surface area contributed by atoms with Crippen LogP contribution in [0.4, 0.5) is 0 Å². The highest BCUT2D eigenvalue weighted by Gasteiger charge is 2.46. The third kappa shape index (κ3) is 3.16. The molecule has 0 radical (unpaired) electrons. The fraction of sp³-hybridized carbons (Fsp3) is 0.556. The molecule has 1 N–H and O–H groups in total. The maximum Gasteiger partial charge on any atom is 0.308 e. The van der Waals surface area contributed by atoms with Crippen LogP contribution in [0, 0.1) is 5.92 Å². The number of aliphatic carboxylic acids is 1. The van der Waals surface area contributed by atoms with Crippen molar-refractivity contribution in [2.75, 3.05) is 13.1 Å². The Bertz CT molecular complexity index is 593. The molecule has 1 unspecified atom stereocenters. The van der Waals surface area contributed by atoms with Crippen LogP contribution in [0.2, 0.25) is 0 Å². The van der Waals surface area contributed by atoms with Crippen molar-refractivity contribution in [2.45, 2.75) is 43.9 Å². The van der Waals surface area contributed by atoms with E-state index in [0.717, 1.165) is 42.1 Å². The van der Waals surface area contributed by atoms with E-state index in [2.05, 4.69) is 15.9 Å². The lowest BCUT2D eigenvalue weighted by molar-refractivity contribution is -0.147. The lowest BCUT2D eigenvalue weighted by atomic mass is 9.77. The second-order valence-electron chi connectivity index (χ2n) is 6.72. The molecular formula is C18H22BrNO3. The fourth-order valence-corrected chi connectivity index (χ4v) is 4.30. The summed E-state index contributed by atoms with van der Waals surface area (Å²) < 4.78 is 1.01. The number of rotatable bonds is 3. The number of carbonyl (C=O) groups is 2. The molecule has 1 heterocycles. The zero-order valence-electron chi connectivity index (χ0n) is 13.1. The van der Waals surface area contributed by atoms with E-state index < -0.39 is 17.3 Å². The summed E-state index contributed by atoms with van der Waals surface area (Å²) >= 11 is 3.45. The van der Waals surface area contributed by atoms with Crippen LogP contribution >= 0.6 is 15.9 Å². The van der Waals surface area contributed by atoms with Crippen molar-refractivity contribution >= 4 is 27.8 Å². The average Bonchev–Trinajstić information content (AvgIpc) is 3.06. The predicted molar refractivity (Wildman–Crippen MR) is 91.2 cm³/mol. The quantitative estimate of drug-likeness (QED) is 0.872. The van der Waals surface area contributed by atoms with Crippen molar-refractivity contribution in [1.82, 2.24) is 4.90 Å². The number of carboxylic acids is 1. The summed E-state index contributed by atoms with van der Waals surface area (Å²) in [5.74, 6) is -1.08. The van der Waals surface area contributed by atoms with Gasteiger partial charge in [0.25, 0.3) is 0 Å². The number of benzene rings is 1. The third-order valence-corrected chi connectivity index (χ3v) is 5.85. The van der Waals surface area contributed by atoms with Gasteiger partial charge in [-0.3, -0.25) is 9.59 Å². The number of likely N-dealkylation sites (tertiary alicyclic amines) is 1. The molecule has 2 fully saturated rings. The first kappa shape index (κ1) is 16.5. The van der Waals surface area contributed by atoms with Crippen LogP contribution < -0.4 is 0 Å². The molecule has 1 aliphatic heterocycles. The minimum atomic E-state index is -0.786. The predicted octanol–water partition coefficient (Wildman–Crippen LogP) is 3.58. The molecule has 124 valence electrons. The molecule has 1 amide bonds. The molecule has 1 atom stereocenters. The number of carbonyl (C=O) groups excluding carboxylic acids is 1. The SMILES string of the molecule is O=C(O)C1CCCN(C(=O)C2(c3ccc(Br)cc3)CCCC2)C1. The molecule has 0 bridgehead atoms. The van der Waals surface area contributed by atoms with Crippen molar-refractivity contribution in [2.24, 2.45) is 5.92 Å². The van der Waals surface area contributed by atoms with E-state index in [1.165, 1.54) is 0 Å². The molecule has 1 aromatic rings. The molecule has 1 aliphatic carbocycles. The molecule has 3 rings (SSSR count). The Hall–Kier alpha value is -1.36. The summed E-state index contributed by atoms with van der Waals surface area (Å²) in [4.78, 5) is 26.4. The molecule has 1 saturated carbocycles. The summed E-state index contributed by atoms with van der Waals surface area (Å²) in [5.41, 5.74) is 0.613. The van der Waals surface area contributed by atoms with Gasteiger partial charge in [-0.05, 0) is 43.4 Å². The van der Waals surface area contributed by atoms with Gasteiger partial charge in [-0.2, -0.15) is 0 Å². The Balaban J connectivity index is 1.87. The van der Waals surface area contributed by atoms with Crippen LogP contribution in [0.15, 0.2) is 28.7 Å². The molecule has 1 saturated heterocycles. The Labute approximate surface area is 145 Å². The largest absolute Gasteiger partial charge is 0.481 e. The fourth-order valence-electron chi connectivity index (χ4n) is 4.04. The van der Waals surface area contributed by atoms with Crippen LogP contribution in [0.3, 0.4) is 0 Å². The molecule has 1 aromatic carbocycles. The van der Waals surface area contributed by atoms with E-state index in [1.54, 1.807) is 4.90 Å². The zero-order chi connectivity index (χ0) is 16.4. The van der Waals surface area contributed by atoms with Crippen molar-refractivity contribution in [3.05, 3.63) is 34.3 Å². The number of nitrogens with zero attached hydrogens (tertiary/aromatic N) is 1. The molecule has 23 heavy (non-hydrogen) atoms. The van der Waals surface area contributed by atoms with Gasteiger partial charge in [0, 0.05) is 17.6 Å². The van der Waals surface area contributed by atoms with Gasteiger partial charge in [0.1, 0.15) is 0 Å². The van der Waals surface area contributed by atoms with E-state index in [-0.39, 0.29) is 5.91 Å². The first-order valence-corrected chi connectivity index (χ1v) is 9.10. The monoisotopic (exact) mass is 379 g/mol. The van der Waals surface area contributed by atoms with E-state index >= 15 is 0 Å². The highest BCUT2D eigenvalue weighted by molar-refractivity contribution is 9.10.